The Morgan fingerprint density at radius 1 is 1.31 bits per heavy atom. The second-order valence-electron chi connectivity index (χ2n) is 6.06. The van der Waals surface area contributed by atoms with Crippen molar-refractivity contribution < 1.29 is 27.1 Å². The van der Waals surface area contributed by atoms with Crippen LogP contribution in [-0.4, -0.2) is 49.8 Å². The first-order valence-corrected chi connectivity index (χ1v) is 9.95. The molecule has 0 spiro atoms. The summed E-state index contributed by atoms with van der Waals surface area (Å²) in [5.74, 6) is -2.26. The minimum absolute atomic E-state index is 0.125. The van der Waals surface area contributed by atoms with E-state index in [1.54, 1.807) is 13.8 Å². The average Bonchev–Trinajstić information content (AvgIpc) is 3.39. The van der Waals surface area contributed by atoms with E-state index in [2.05, 4.69) is 5.32 Å². The number of nitrogens with zero attached hydrogens (tertiary/aromatic N) is 1. The van der Waals surface area contributed by atoms with E-state index in [0.29, 0.717) is 0 Å². The highest BCUT2D eigenvalue weighted by Gasteiger charge is 2.29. The van der Waals surface area contributed by atoms with Crippen LogP contribution in [0.25, 0.3) is 0 Å². The summed E-state index contributed by atoms with van der Waals surface area (Å²) < 4.78 is 45.3. The summed E-state index contributed by atoms with van der Waals surface area (Å²) in [7, 11) is -4.07. The number of carbonyl (C=O) groups excluding carboxylic acids is 2. The summed E-state index contributed by atoms with van der Waals surface area (Å²) in [6.45, 7) is 5.04. The smallest absolute Gasteiger partial charge is 0.338 e. The predicted molar refractivity (Wildman–Crippen MR) is 92.5 cm³/mol. The molecule has 9 heteroatoms. The molecule has 1 amide bonds. The van der Waals surface area contributed by atoms with Crippen molar-refractivity contribution in [3.05, 3.63) is 29.6 Å². The van der Waals surface area contributed by atoms with Gasteiger partial charge in [0, 0.05) is 19.1 Å². The van der Waals surface area contributed by atoms with E-state index in [1.807, 2.05) is 0 Å². The van der Waals surface area contributed by atoms with Gasteiger partial charge in [-0.3, -0.25) is 4.79 Å². The van der Waals surface area contributed by atoms with Crippen LogP contribution in [0.5, 0.6) is 0 Å². The standard InChI is InChI=1S/C17H23FN2O5S/c1-4-20(5-2)26(23,24)15-10-12(6-9-14(15)18)17(22)25-11(3)16(21)19-13-7-8-13/h6,9-11,13H,4-5,7-8H2,1-3H3,(H,19,21). The Labute approximate surface area is 152 Å². The fourth-order valence-electron chi connectivity index (χ4n) is 2.36. The molecular weight excluding hydrogens is 363 g/mol. The lowest BCUT2D eigenvalue weighted by molar-refractivity contribution is -0.129. The van der Waals surface area contributed by atoms with Crippen LogP contribution < -0.4 is 5.32 Å². The van der Waals surface area contributed by atoms with Crippen molar-refractivity contribution >= 4 is 21.9 Å². The maximum absolute atomic E-state index is 14.1. The number of rotatable bonds is 8. The van der Waals surface area contributed by atoms with Crippen LogP contribution in [0.4, 0.5) is 4.39 Å². The van der Waals surface area contributed by atoms with Gasteiger partial charge < -0.3 is 10.1 Å². The van der Waals surface area contributed by atoms with Gasteiger partial charge in [0.05, 0.1) is 5.56 Å². The monoisotopic (exact) mass is 386 g/mol. The Bertz CT molecular complexity index is 788. The molecule has 144 valence electrons. The molecule has 1 aromatic carbocycles. The highest BCUT2D eigenvalue weighted by Crippen LogP contribution is 2.22. The van der Waals surface area contributed by atoms with Gasteiger partial charge in [-0.1, -0.05) is 13.8 Å². The lowest BCUT2D eigenvalue weighted by Gasteiger charge is -2.19. The van der Waals surface area contributed by atoms with Gasteiger partial charge in [0.2, 0.25) is 10.0 Å². The number of esters is 1. The van der Waals surface area contributed by atoms with E-state index in [0.717, 1.165) is 35.3 Å². The molecule has 1 fully saturated rings. The zero-order chi connectivity index (χ0) is 19.5. The molecule has 0 bridgehead atoms. The van der Waals surface area contributed by atoms with E-state index >= 15 is 0 Å². The summed E-state index contributed by atoms with van der Waals surface area (Å²) in [5, 5.41) is 2.71. The SMILES string of the molecule is CCN(CC)S(=O)(=O)c1cc(C(=O)OC(C)C(=O)NC2CC2)ccc1F. The molecule has 7 nitrogen and oxygen atoms in total. The van der Waals surface area contributed by atoms with Crippen LogP contribution in [0.2, 0.25) is 0 Å². The number of halogens is 1. The van der Waals surface area contributed by atoms with Crippen LogP contribution >= 0.6 is 0 Å². The largest absolute Gasteiger partial charge is 0.449 e. The van der Waals surface area contributed by atoms with Gasteiger partial charge >= 0.3 is 5.97 Å². The predicted octanol–water partition coefficient (Wildman–Crippen LogP) is 1.68. The first-order valence-electron chi connectivity index (χ1n) is 8.51. The molecule has 0 aromatic heterocycles. The van der Waals surface area contributed by atoms with Crippen molar-refractivity contribution in [3.63, 3.8) is 0 Å². The van der Waals surface area contributed by atoms with Crippen molar-refractivity contribution in [1.82, 2.24) is 9.62 Å². The van der Waals surface area contributed by atoms with Gasteiger partial charge in [-0.2, -0.15) is 4.31 Å². The van der Waals surface area contributed by atoms with Gasteiger partial charge in [0.15, 0.2) is 6.10 Å². The number of benzene rings is 1. The lowest BCUT2D eigenvalue weighted by Crippen LogP contribution is -2.37. The zero-order valence-electron chi connectivity index (χ0n) is 15.0. The Hall–Kier alpha value is -2.00. The lowest BCUT2D eigenvalue weighted by atomic mass is 10.2. The van der Waals surface area contributed by atoms with Crippen molar-refractivity contribution in [2.45, 2.75) is 50.7 Å². The van der Waals surface area contributed by atoms with Crippen LogP contribution in [0, 0.1) is 5.82 Å². The minimum Gasteiger partial charge on any atom is -0.449 e. The highest BCUT2D eigenvalue weighted by atomic mass is 32.2. The molecular formula is C17H23FN2O5S. The van der Waals surface area contributed by atoms with Gasteiger partial charge in [-0.15, -0.1) is 0 Å². The number of sulfonamides is 1. The van der Waals surface area contributed by atoms with E-state index in [9.17, 15) is 22.4 Å². The Balaban J connectivity index is 2.19. The molecule has 2 rings (SSSR count). The third kappa shape index (κ3) is 4.59. The zero-order valence-corrected chi connectivity index (χ0v) is 15.8. The van der Waals surface area contributed by atoms with E-state index in [4.69, 9.17) is 4.74 Å². The van der Waals surface area contributed by atoms with Crippen molar-refractivity contribution in [1.29, 1.82) is 0 Å². The second-order valence-corrected chi connectivity index (χ2v) is 7.97. The molecule has 26 heavy (non-hydrogen) atoms. The maximum atomic E-state index is 14.1. The molecule has 1 unspecified atom stereocenters. The molecule has 0 heterocycles. The molecule has 0 radical (unpaired) electrons. The molecule has 1 saturated carbocycles. The number of nitrogens with one attached hydrogen (secondary N) is 1. The summed E-state index contributed by atoms with van der Waals surface area (Å²) in [6.07, 6.45) is 0.768. The van der Waals surface area contributed by atoms with Gasteiger partial charge in [0.25, 0.3) is 5.91 Å². The third-order valence-electron chi connectivity index (χ3n) is 4.07. The van der Waals surface area contributed by atoms with Crippen LogP contribution in [0.3, 0.4) is 0 Å². The van der Waals surface area contributed by atoms with Gasteiger partial charge in [-0.25, -0.2) is 17.6 Å². The number of hydrogen-bond donors (Lipinski definition) is 1. The quantitative estimate of drug-likeness (QED) is 0.686. The summed E-state index contributed by atoms with van der Waals surface area (Å²) in [6, 6.07) is 3.10. The fourth-order valence-corrected chi connectivity index (χ4v) is 3.91. The molecule has 1 aliphatic carbocycles. The molecule has 0 aliphatic heterocycles. The van der Waals surface area contributed by atoms with E-state index in [1.165, 1.54) is 6.92 Å². The van der Waals surface area contributed by atoms with Crippen LogP contribution in [-0.2, 0) is 19.6 Å². The number of ether oxygens (including phenoxy) is 1. The number of amides is 1. The molecule has 1 aromatic rings. The highest BCUT2D eigenvalue weighted by molar-refractivity contribution is 7.89. The van der Waals surface area contributed by atoms with Crippen LogP contribution in [0.15, 0.2) is 23.1 Å². The summed E-state index contributed by atoms with van der Waals surface area (Å²) >= 11 is 0. The average molecular weight is 386 g/mol. The normalized spacial score (nSPS) is 15.6. The Kier molecular flexibility index (Phi) is 6.35. The van der Waals surface area contributed by atoms with E-state index < -0.39 is 38.7 Å². The first-order chi connectivity index (χ1) is 12.2. The number of hydrogen-bond acceptors (Lipinski definition) is 5. The van der Waals surface area contributed by atoms with Gasteiger partial charge in [-0.05, 0) is 38.0 Å². The Morgan fingerprint density at radius 3 is 2.46 bits per heavy atom. The molecule has 1 aliphatic rings. The molecule has 1 N–H and O–H groups in total. The fraction of sp³-hybridized carbons (Fsp3) is 0.529. The van der Waals surface area contributed by atoms with Crippen LogP contribution in [0.1, 0.15) is 44.0 Å². The third-order valence-corrected chi connectivity index (χ3v) is 6.13. The second kappa shape index (κ2) is 8.13. The topological polar surface area (TPSA) is 92.8 Å². The number of carbonyl (C=O) groups is 2. The summed E-state index contributed by atoms with van der Waals surface area (Å²) in [5.41, 5.74) is -0.136. The van der Waals surface area contributed by atoms with Crippen molar-refractivity contribution in [2.24, 2.45) is 0 Å². The molecule has 0 saturated heterocycles. The van der Waals surface area contributed by atoms with Crippen molar-refractivity contribution in [2.75, 3.05) is 13.1 Å². The minimum atomic E-state index is -4.07. The first kappa shape index (κ1) is 20.3. The van der Waals surface area contributed by atoms with Gasteiger partial charge in [0.1, 0.15) is 10.7 Å². The van der Waals surface area contributed by atoms with Crippen molar-refractivity contribution in [3.8, 4) is 0 Å². The summed E-state index contributed by atoms with van der Waals surface area (Å²) in [4.78, 5) is 23.5. The Morgan fingerprint density at radius 2 is 1.92 bits per heavy atom. The van der Waals surface area contributed by atoms with E-state index in [-0.39, 0.29) is 24.7 Å². The molecule has 1 atom stereocenters. The maximum Gasteiger partial charge on any atom is 0.338 e.